The van der Waals surface area contributed by atoms with Crippen molar-refractivity contribution in [3.05, 3.63) is 58.2 Å². The van der Waals surface area contributed by atoms with Crippen molar-refractivity contribution >= 4 is 23.3 Å². The summed E-state index contributed by atoms with van der Waals surface area (Å²) >= 11 is 6.43. The predicted octanol–water partition coefficient (Wildman–Crippen LogP) is 3.84. The van der Waals surface area contributed by atoms with Crippen LogP contribution in [0.4, 0.5) is 5.82 Å². The molecule has 3 heterocycles. The average molecular weight is 443 g/mol. The second-order valence-electron chi connectivity index (χ2n) is 8.55. The molecule has 2 aromatic rings. The van der Waals surface area contributed by atoms with Crippen LogP contribution in [0.25, 0.3) is 0 Å². The van der Waals surface area contributed by atoms with Gasteiger partial charge in [0.05, 0.1) is 23.8 Å². The highest BCUT2D eigenvalue weighted by molar-refractivity contribution is 6.33. The number of piperidine rings is 1. The Morgan fingerprint density at radius 1 is 1.16 bits per heavy atom. The van der Waals surface area contributed by atoms with E-state index in [-0.39, 0.29) is 5.91 Å². The van der Waals surface area contributed by atoms with Crippen LogP contribution in [0.5, 0.6) is 0 Å². The van der Waals surface area contributed by atoms with E-state index >= 15 is 0 Å². The summed E-state index contributed by atoms with van der Waals surface area (Å²) in [6.45, 7) is 8.58. The van der Waals surface area contributed by atoms with E-state index in [9.17, 15) is 4.79 Å². The number of morpholine rings is 1. The van der Waals surface area contributed by atoms with Crippen LogP contribution in [0, 0.1) is 12.8 Å². The first-order valence-electron chi connectivity index (χ1n) is 11.1. The molecule has 1 N–H and O–H groups in total. The van der Waals surface area contributed by atoms with Crippen molar-refractivity contribution in [3.63, 3.8) is 0 Å². The van der Waals surface area contributed by atoms with Crippen LogP contribution < -0.4 is 5.32 Å². The van der Waals surface area contributed by atoms with E-state index in [0.29, 0.717) is 48.6 Å². The second-order valence-corrected chi connectivity index (χ2v) is 8.95. The van der Waals surface area contributed by atoms with Crippen LogP contribution in [-0.2, 0) is 11.3 Å². The van der Waals surface area contributed by atoms with Crippen molar-refractivity contribution in [1.82, 2.24) is 14.8 Å². The molecule has 2 aliphatic heterocycles. The highest BCUT2D eigenvalue weighted by atomic mass is 35.5. The molecule has 1 aromatic heterocycles. The Kier molecular flexibility index (Phi) is 7.43. The minimum Gasteiger partial charge on any atom is -0.378 e. The molecule has 2 saturated heterocycles. The van der Waals surface area contributed by atoms with E-state index in [1.165, 1.54) is 11.1 Å². The number of halogens is 1. The van der Waals surface area contributed by atoms with Crippen LogP contribution in [-0.4, -0.2) is 66.6 Å². The van der Waals surface area contributed by atoms with Gasteiger partial charge in [-0.2, -0.15) is 0 Å². The molecule has 2 aliphatic rings. The average Bonchev–Trinajstić information content (AvgIpc) is 2.81. The summed E-state index contributed by atoms with van der Waals surface area (Å²) in [4.78, 5) is 21.3. The number of nitrogens with zero attached hydrogens (tertiary/aromatic N) is 3. The number of aryl methyl sites for hydroxylation is 1. The van der Waals surface area contributed by atoms with E-state index in [1.807, 2.05) is 0 Å². The molecule has 0 spiro atoms. The Hall–Kier alpha value is -2.15. The van der Waals surface area contributed by atoms with Gasteiger partial charge in [0.25, 0.3) is 5.91 Å². The third-order valence-electron chi connectivity index (χ3n) is 6.18. The molecule has 7 heteroatoms. The topological polar surface area (TPSA) is 57.7 Å². The Balaban J connectivity index is 1.24. The number of likely N-dealkylation sites (tertiary alicyclic amines) is 1. The largest absolute Gasteiger partial charge is 0.378 e. The molecule has 2 fully saturated rings. The summed E-state index contributed by atoms with van der Waals surface area (Å²) in [5.41, 5.74) is 3.21. The first-order chi connectivity index (χ1) is 15.1. The molecule has 0 saturated carbocycles. The molecule has 0 radical (unpaired) electrons. The molecule has 0 unspecified atom stereocenters. The molecule has 0 atom stereocenters. The van der Waals surface area contributed by atoms with Crippen LogP contribution in [0.15, 0.2) is 36.5 Å². The lowest BCUT2D eigenvalue weighted by Gasteiger charge is -2.32. The van der Waals surface area contributed by atoms with Gasteiger partial charge in [0.2, 0.25) is 0 Å². The fourth-order valence-electron chi connectivity index (χ4n) is 4.18. The summed E-state index contributed by atoms with van der Waals surface area (Å²) in [5.74, 6) is 1.22. The Morgan fingerprint density at radius 2 is 1.87 bits per heavy atom. The molecule has 4 rings (SSSR count). The number of carbonyl (C=O) groups is 1. The zero-order valence-electron chi connectivity index (χ0n) is 18.1. The van der Waals surface area contributed by atoms with Gasteiger partial charge >= 0.3 is 0 Å². The molecule has 6 nitrogen and oxygen atoms in total. The zero-order valence-corrected chi connectivity index (χ0v) is 18.9. The molecule has 1 amide bonds. The number of nitrogens with one attached hydrogen (secondary N) is 1. The molecular weight excluding hydrogens is 412 g/mol. The predicted molar refractivity (Wildman–Crippen MR) is 124 cm³/mol. The normalized spacial score (nSPS) is 18.2. The van der Waals surface area contributed by atoms with Crippen LogP contribution in [0.1, 0.15) is 34.3 Å². The van der Waals surface area contributed by atoms with Gasteiger partial charge in [-0.1, -0.05) is 41.4 Å². The van der Waals surface area contributed by atoms with E-state index in [0.717, 1.165) is 39.0 Å². The van der Waals surface area contributed by atoms with Crippen molar-refractivity contribution in [3.8, 4) is 0 Å². The monoisotopic (exact) mass is 442 g/mol. The maximum Gasteiger partial charge on any atom is 0.255 e. The van der Waals surface area contributed by atoms with Crippen molar-refractivity contribution in [2.75, 3.05) is 51.3 Å². The van der Waals surface area contributed by atoms with Gasteiger partial charge in [0.1, 0.15) is 5.82 Å². The van der Waals surface area contributed by atoms with Crippen LogP contribution in [0.2, 0.25) is 5.02 Å². The third-order valence-corrected chi connectivity index (χ3v) is 6.47. The van der Waals surface area contributed by atoms with Crippen molar-refractivity contribution in [2.45, 2.75) is 26.3 Å². The number of benzene rings is 1. The van der Waals surface area contributed by atoms with Gasteiger partial charge in [-0.25, -0.2) is 4.98 Å². The van der Waals surface area contributed by atoms with Gasteiger partial charge in [0, 0.05) is 32.4 Å². The number of pyridine rings is 1. The number of carbonyl (C=O) groups excluding carboxylic acids is 1. The lowest BCUT2D eigenvalue weighted by molar-refractivity contribution is 0.0302. The highest BCUT2D eigenvalue weighted by Crippen LogP contribution is 2.24. The van der Waals surface area contributed by atoms with Gasteiger partial charge in [-0.15, -0.1) is 0 Å². The quantitative estimate of drug-likeness (QED) is 0.736. The number of amides is 1. The summed E-state index contributed by atoms with van der Waals surface area (Å²) in [7, 11) is 0. The van der Waals surface area contributed by atoms with Crippen LogP contribution in [0.3, 0.4) is 0 Å². The maximum atomic E-state index is 12.6. The zero-order chi connectivity index (χ0) is 21.6. The summed E-state index contributed by atoms with van der Waals surface area (Å²) in [6.07, 6.45) is 3.93. The van der Waals surface area contributed by atoms with Gasteiger partial charge < -0.3 is 15.0 Å². The van der Waals surface area contributed by atoms with E-state index in [2.05, 4.69) is 46.4 Å². The number of anilines is 1. The minimum atomic E-state index is -0.0369. The number of hydrogen-bond donors (Lipinski definition) is 1. The van der Waals surface area contributed by atoms with Crippen molar-refractivity contribution in [2.24, 2.45) is 5.92 Å². The van der Waals surface area contributed by atoms with Gasteiger partial charge in [0.15, 0.2) is 0 Å². The molecule has 0 bridgehead atoms. The molecule has 1 aromatic carbocycles. The first-order valence-corrected chi connectivity index (χ1v) is 11.5. The fourth-order valence-corrected chi connectivity index (χ4v) is 4.41. The van der Waals surface area contributed by atoms with Gasteiger partial charge in [-0.05, 0) is 50.4 Å². The van der Waals surface area contributed by atoms with E-state index < -0.39 is 0 Å². The third kappa shape index (κ3) is 5.97. The maximum absolute atomic E-state index is 12.6. The lowest BCUT2D eigenvalue weighted by Crippen LogP contribution is -2.40. The van der Waals surface area contributed by atoms with Gasteiger partial charge in [-0.3, -0.25) is 9.69 Å². The molecule has 31 heavy (non-hydrogen) atoms. The van der Waals surface area contributed by atoms with E-state index in [1.54, 1.807) is 17.2 Å². The number of aromatic nitrogens is 1. The second kappa shape index (κ2) is 10.4. The Bertz CT molecular complexity index is 876. The Labute approximate surface area is 189 Å². The summed E-state index contributed by atoms with van der Waals surface area (Å²) in [5, 5.41) is 3.89. The van der Waals surface area contributed by atoms with Crippen molar-refractivity contribution < 1.29 is 9.53 Å². The van der Waals surface area contributed by atoms with Crippen LogP contribution >= 0.6 is 11.6 Å². The Morgan fingerprint density at radius 3 is 2.55 bits per heavy atom. The standard InChI is InChI=1S/C24H31ClN4O2/c1-18-2-4-20(5-3-18)17-28-8-6-19(7-9-28)15-26-23-22(25)14-21(16-27-23)24(30)29-10-12-31-13-11-29/h2-5,14,16,19H,6-13,15,17H2,1H3,(H,26,27). The minimum absolute atomic E-state index is 0.0369. The van der Waals surface area contributed by atoms with Crippen molar-refractivity contribution in [1.29, 1.82) is 0 Å². The smallest absolute Gasteiger partial charge is 0.255 e. The molecule has 0 aliphatic carbocycles. The summed E-state index contributed by atoms with van der Waals surface area (Å²) < 4.78 is 5.31. The molecule has 166 valence electrons. The number of hydrogen-bond acceptors (Lipinski definition) is 5. The highest BCUT2D eigenvalue weighted by Gasteiger charge is 2.21. The van der Waals surface area contributed by atoms with E-state index in [4.69, 9.17) is 16.3 Å². The fraction of sp³-hybridized carbons (Fsp3) is 0.500. The number of ether oxygens (including phenoxy) is 1. The molecular formula is C24H31ClN4O2. The SMILES string of the molecule is Cc1ccc(CN2CCC(CNc3ncc(C(=O)N4CCOCC4)cc3Cl)CC2)cc1. The number of rotatable bonds is 6. The lowest BCUT2D eigenvalue weighted by atomic mass is 9.96. The first kappa shape index (κ1) is 22.1. The summed E-state index contributed by atoms with van der Waals surface area (Å²) in [6, 6.07) is 10.5.